The zero-order chi connectivity index (χ0) is 21.6. The summed E-state index contributed by atoms with van der Waals surface area (Å²) in [7, 11) is 0. The Kier molecular flexibility index (Phi) is 8.77. The molecule has 0 aromatic rings. The van der Waals surface area contributed by atoms with Crippen LogP contribution in [0.2, 0.25) is 0 Å². The minimum absolute atomic E-state index is 0.504. The summed E-state index contributed by atoms with van der Waals surface area (Å²) in [6, 6.07) is 0. The van der Waals surface area contributed by atoms with Crippen LogP contribution < -0.4 is 0 Å². The van der Waals surface area contributed by atoms with Crippen molar-refractivity contribution in [3.63, 3.8) is 0 Å². The number of hydrogen-bond acceptors (Lipinski definition) is 6. The lowest BCUT2D eigenvalue weighted by Crippen LogP contribution is -2.32. The third-order valence-electron chi connectivity index (χ3n) is 8.02. The Morgan fingerprint density at radius 3 is 1.25 bits per heavy atom. The van der Waals surface area contributed by atoms with Gasteiger partial charge in [0.25, 0.3) is 0 Å². The first-order valence-electron chi connectivity index (χ1n) is 13.7. The van der Waals surface area contributed by atoms with Gasteiger partial charge in [-0.15, -0.1) is 0 Å². The number of hydrogen-bond donors (Lipinski definition) is 0. The molecule has 0 radical (unpaired) electrons. The van der Waals surface area contributed by atoms with Gasteiger partial charge >= 0.3 is 0 Å². The fourth-order valence-corrected chi connectivity index (χ4v) is 5.82. The molecule has 32 heavy (non-hydrogen) atoms. The van der Waals surface area contributed by atoms with Gasteiger partial charge in [0.2, 0.25) is 0 Å². The molecular weight excluding hydrogens is 404 g/mol. The zero-order valence-corrected chi connectivity index (χ0v) is 20.1. The summed E-state index contributed by atoms with van der Waals surface area (Å²) in [5, 5.41) is 0. The van der Waals surface area contributed by atoms with Gasteiger partial charge in [0.1, 0.15) is 0 Å². The van der Waals surface area contributed by atoms with Crippen molar-refractivity contribution >= 4 is 0 Å². The van der Waals surface area contributed by atoms with Crippen LogP contribution in [0.5, 0.6) is 0 Å². The third kappa shape index (κ3) is 9.19. The molecule has 0 aromatic heterocycles. The smallest absolute Gasteiger partial charge is 0.0936 e. The van der Waals surface area contributed by atoms with Crippen LogP contribution >= 0.6 is 0 Å². The molecule has 6 heteroatoms. The van der Waals surface area contributed by atoms with Crippen molar-refractivity contribution in [2.24, 2.45) is 11.8 Å². The van der Waals surface area contributed by atoms with Crippen molar-refractivity contribution in [2.45, 2.75) is 88.6 Å². The Morgan fingerprint density at radius 2 is 0.906 bits per heavy atom. The van der Waals surface area contributed by atoms with E-state index in [9.17, 15) is 0 Å². The Labute approximate surface area is 195 Å². The lowest BCUT2D eigenvalue weighted by Gasteiger charge is -2.30. The molecule has 184 valence electrons. The summed E-state index contributed by atoms with van der Waals surface area (Å²) < 4.78 is 21.8. The van der Waals surface area contributed by atoms with Crippen LogP contribution in [0.4, 0.5) is 0 Å². The standard InChI is InChI=1S/C26H46N2O4/c1(3-10-27(13-23-17-29-23)14-24-18-30-24)6-21-8-5-9-22(12-21)7-2-4-11-28(15-25-19-31-25)16-26-20-32-26/h21-26H,1-20H2. The molecule has 4 saturated heterocycles. The molecule has 0 aromatic carbocycles. The fourth-order valence-electron chi connectivity index (χ4n) is 5.82. The maximum Gasteiger partial charge on any atom is 0.0936 e. The maximum absolute atomic E-state index is 5.45. The van der Waals surface area contributed by atoms with E-state index in [4.69, 9.17) is 18.9 Å². The Morgan fingerprint density at radius 1 is 0.531 bits per heavy atom. The van der Waals surface area contributed by atoms with E-state index in [0.29, 0.717) is 24.4 Å². The molecule has 1 aliphatic carbocycles. The highest BCUT2D eigenvalue weighted by atomic mass is 16.6. The first kappa shape index (κ1) is 23.5. The van der Waals surface area contributed by atoms with Gasteiger partial charge in [-0.2, -0.15) is 0 Å². The van der Waals surface area contributed by atoms with E-state index < -0.39 is 0 Å². The second-order valence-electron chi connectivity index (χ2n) is 11.2. The van der Waals surface area contributed by atoms with E-state index in [1.165, 1.54) is 77.3 Å². The minimum atomic E-state index is 0.504. The lowest BCUT2D eigenvalue weighted by molar-refractivity contribution is 0.201. The zero-order valence-electron chi connectivity index (χ0n) is 20.1. The van der Waals surface area contributed by atoms with Crippen LogP contribution in [0.1, 0.15) is 64.2 Å². The first-order valence-corrected chi connectivity index (χ1v) is 13.7. The van der Waals surface area contributed by atoms with Gasteiger partial charge < -0.3 is 18.9 Å². The molecule has 0 amide bonds. The predicted octanol–water partition coefficient (Wildman–Crippen LogP) is 3.33. The van der Waals surface area contributed by atoms with E-state index in [-0.39, 0.29) is 0 Å². The quantitative estimate of drug-likeness (QED) is 0.236. The van der Waals surface area contributed by atoms with Gasteiger partial charge in [0.15, 0.2) is 0 Å². The van der Waals surface area contributed by atoms with E-state index >= 15 is 0 Å². The third-order valence-corrected chi connectivity index (χ3v) is 8.02. The molecule has 6 nitrogen and oxygen atoms in total. The van der Waals surface area contributed by atoms with Crippen LogP contribution in [0.15, 0.2) is 0 Å². The predicted molar refractivity (Wildman–Crippen MR) is 125 cm³/mol. The van der Waals surface area contributed by atoms with E-state index in [1.807, 2.05) is 0 Å². The highest BCUT2D eigenvalue weighted by Gasteiger charge is 2.31. The van der Waals surface area contributed by atoms with Gasteiger partial charge in [-0.05, 0) is 44.2 Å². The van der Waals surface area contributed by atoms with Crippen molar-refractivity contribution in [1.82, 2.24) is 9.80 Å². The number of nitrogens with zero attached hydrogens (tertiary/aromatic N) is 2. The van der Waals surface area contributed by atoms with Crippen LogP contribution in [-0.2, 0) is 18.9 Å². The van der Waals surface area contributed by atoms with Crippen LogP contribution in [-0.4, -0.2) is 99.9 Å². The molecular formula is C26H46N2O4. The van der Waals surface area contributed by atoms with Crippen LogP contribution in [0.25, 0.3) is 0 Å². The molecule has 4 heterocycles. The van der Waals surface area contributed by atoms with Gasteiger partial charge in [-0.1, -0.05) is 44.9 Å². The number of rotatable bonds is 18. The highest BCUT2D eigenvalue weighted by molar-refractivity contribution is 4.82. The average molecular weight is 451 g/mol. The van der Waals surface area contributed by atoms with Gasteiger partial charge in [-0.25, -0.2) is 0 Å². The summed E-state index contributed by atoms with van der Waals surface area (Å²) in [4.78, 5) is 5.18. The number of ether oxygens (including phenoxy) is 4. The molecule has 6 unspecified atom stereocenters. The molecule has 5 rings (SSSR count). The molecule has 6 atom stereocenters. The topological polar surface area (TPSA) is 56.6 Å². The maximum atomic E-state index is 5.45. The Bertz CT molecular complexity index is 474. The SMILES string of the molecule is C(CCN(CC1CO1)CC1CO1)CC1CCCC(CCCCN(CC2CO2)CC2CO2)C1. The lowest BCUT2D eigenvalue weighted by atomic mass is 9.77. The first-order chi connectivity index (χ1) is 15.8. The minimum Gasteiger partial charge on any atom is -0.372 e. The van der Waals surface area contributed by atoms with E-state index in [0.717, 1.165) is 64.4 Å². The van der Waals surface area contributed by atoms with Crippen LogP contribution in [0.3, 0.4) is 0 Å². The highest BCUT2D eigenvalue weighted by Crippen LogP contribution is 2.35. The monoisotopic (exact) mass is 450 g/mol. The molecule has 5 aliphatic rings. The number of unbranched alkanes of at least 4 members (excludes halogenated alkanes) is 2. The van der Waals surface area contributed by atoms with Gasteiger partial charge in [-0.3, -0.25) is 9.80 Å². The van der Waals surface area contributed by atoms with E-state index in [2.05, 4.69) is 9.80 Å². The molecule has 0 N–H and O–H groups in total. The Balaban J connectivity index is 0.913. The van der Waals surface area contributed by atoms with Crippen molar-refractivity contribution in [3.05, 3.63) is 0 Å². The second-order valence-corrected chi connectivity index (χ2v) is 11.2. The van der Waals surface area contributed by atoms with Crippen molar-refractivity contribution < 1.29 is 18.9 Å². The summed E-state index contributed by atoms with van der Waals surface area (Å²) in [5.41, 5.74) is 0. The summed E-state index contributed by atoms with van der Waals surface area (Å²) in [5.74, 6) is 1.97. The fraction of sp³-hybridized carbons (Fsp3) is 1.00. The molecule has 0 bridgehead atoms. The molecule has 0 spiro atoms. The normalized spacial score (nSPS) is 35.4. The van der Waals surface area contributed by atoms with Crippen molar-refractivity contribution in [2.75, 3.05) is 65.7 Å². The molecule has 1 saturated carbocycles. The number of epoxide rings is 4. The average Bonchev–Trinajstić information content (AvgIpc) is 3.62. The van der Waals surface area contributed by atoms with Crippen molar-refractivity contribution in [1.29, 1.82) is 0 Å². The molecule has 4 aliphatic heterocycles. The summed E-state index contributed by atoms with van der Waals surface area (Å²) in [6.07, 6.45) is 16.3. The summed E-state index contributed by atoms with van der Waals surface area (Å²) in [6.45, 7) is 10.8. The van der Waals surface area contributed by atoms with Gasteiger partial charge in [0.05, 0.1) is 50.8 Å². The van der Waals surface area contributed by atoms with E-state index in [1.54, 1.807) is 0 Å². The Hall–Kier alpha value is -0.240. The van der Waals surface area contributed by atoms with Gasteiger partial charge in [0, 0.05) is 26.2 Å². The second kappa shape index (κ2) is 11.9. The molecule has 5 fully saturated rings. The van der Waals surface area contributed by atoms with Crippen LogP contribution in [0, 0.1) is 11.8 Å². The summed E-state index contributed by atoms with van der Waals surface area (Å²) >= 11 is 0. The van der Waals surface area contributed by atoms with Crippen molar-refractivity contribution in [3.8, 4) is 0 Å². The largest absolute Gasteiger partial charge is 0.372 e.